The van der Waals surface area contributed by atoms with Crippen molar-refractivity contribution in [2.45, 2.75) is 18.9 Å². The highest BCUT2D eigenvalue weighted by Gasteiger charge is 2.31. The van der Waals surface area contributed by atoms with Gasteiger partial charge in [0, 0.05) is 20.6 Å². The van der Waals surface area contributed by atoms with E-state index < -0.39 is 11.2 Å². The van der Waals surface area contributed by atoms with Crippen LogP contribution in [0, 0.1) is 11.3 Å². The molecule has 1 aliphatic heterocycles. The molecule has 1 aromatic heterocycles. The molecule has 0 N–H and O–H groups in total. The van der Waals surface area contributed by atoms with Gasteiger partial charge in [-0.15, -0.1) is 0 Å². The third kappa shape index (κ3) is 2.70. The Balaban J connectivity index is 2.13. The molecule has 130 valence electrons. The smallest absolute Gasteiger partial charge is 0.332 e. The van der Waals surface area contributed by atoms with Crippen LogP contribution in [0.3, 0.4) is 0 Å². The number of hydrogen-bond donors (Lipinski definition) is 0. The molecule has 0 radical (unpaired) electrons. The lowest BCUT2D eigenvalue weighted by molar-refractivity contribution is 0.414. The monoisotopic (exact) mass is 340 g/mol. The van der Waals surface area contributed by atoms with Crippen molar-refractivity contribution < 1.29 is 4.74 Å². The highest BCUT2D eigenvalue weighted by atomic mass is 16.5. The van der Waals surface area contributed by atoms with Crippen LogP contribution in [0.2, 0.25) is 0 Å². The third-order valence-electron chi connectivity index (χ3n) is 4.77. The number of aromatic nitrogens is 2. The molecule has 0 unspecified atom stereocenters. The Morgan fingerprint density at radius 2 is 1.84 bits per heavy atom. The summed E-state index contributed by atoms with van der Waals surface area (Å²) in [4.78, 5) is 26.7. The number of benzene rings is 1. The number of anilines is 1. The third-order valence-corrected chi connectivity index (χ3v) is 4.77. The highest BCUT2D eigenvalue weighted by Crippen LogP contribution is 2.36. The summed E-state index contributed by atoms with van der Waals surface area (Å²) in [5.41, 5.74) is 0.0840. The lowest BCUT2D eigenvalue weighted by Crippen LogP contribution is -2.42. The molecule has 2 aromatic rings. The number of rotatable bonds is 3. The molecular weight excluding hydrogens is 320 g/mol. The molecule has 0 saturated carbocycles. The lowest BCUT2D eigenvalue weighted by atomic mass is 10.0. The molecule has 1 saturated heterocycles. The van der Waals surface area contributed by atoms with Crippen LogP contribution in [0.1, 0.15) is 30.0 Å². The van der Waals surface area contributed by atoms with Gasteiger partial charge < -0.3 is 9.64 Å². The second-order valence-corrected chi connectivity index (χ2v) is 6.14. The maximum Gasteiger partial charge on any atom is 0.332 e. The topological polar surface area (TPSA) is 80.3 Å². The zero-order chi connectivity index (χ0) is 18.1. The van der Waals surface area contributed by atoms with Gasteiger partial charge in [0.1, 0.15) is 17.6 Å². The van der Waals surface area contributed by atoms with Crippen LogP contribution in [0.5, 0.6) is 5.75 Å². The SMILES string of the molecule is COc1ccc([C@@H]2CCCN2c2c(C#N)c(=O)n(C)c(=O)n2C)cc1. The first-order chi connectivity index (χ1) is 12.0. The molecule has 0 spiro atoms. The van der Waals surface area contributed by atoms with E-state index in [0.29, 0.717) is 12.4 Å². The minimum absolute atomic E-state index is 0.00464. The number of ether oxygens (including phenoxy) is 1. The Kier molecular flexibility index (Phi) is 4.36. The Hall–Kier alpha value is -3.01. The standard InChI is InChI=1S/C18H20N4O3/c1-20-16(14(11-19)17(23)21(2)18(20)24)22-10-4-5-15(22)12-6-8-13(25-3)9-7-12/h6-9,15H,4-5,10H2,1-3H3/t15-/m0/s1. The summed E-state index contributed by atoms with van der Waals surface area (Å²) in [7, 11) is 4.60. The van der Waals surface area contributed by atoms with Gasteiger partial charge in [-0.25, -0.2) is 4.79 Å². The minimum Gasteiger partial charge on any atom is -0.497 e. The summed E-state index contributed by atoms with van der Waals surface area (Å²) in [6.07, 6.45) is 1.81. The molecule has 1 fully saturated rings. The largest absolute Gasteiger partial charge is 0.497 e. The van der Waals surface area contributed by atoms with Crippen molar-refractivity contribution in [1.29, 1.82) is 5.26 Å². The Morgan fingerprint density at radius 1 is 1.16 bits per heavy atom. The molecule has 1 atom stereocenters. The van der Waals surface area contributed by atoms with Gasteiger partial charge in [0.2, 0.25) is 0 Å². The van der Waals surface area contributed by atoms with Crippen LogP contribution in [-0.4, -0.2) is 22.8 Å². The molecular formula is C18H20N4O3. The van der Waals surface area contributed by atoms with E-state index in [1.165, 1.54) is 11.6 Å². The van der Waals surface area contributed by atoms with Crippen LogP contribution >= 0.6 is 0 Å². The summed E-state index contributed by atoms with van der Waals surface area (Å²) >= 11 is 0. The summed E-state index contributed by atoms with van der Waals surface area (Å²) in [6.45, 7) is 0.686. The van der Waals surface area contributed by atoms with E-state index in [0.717, 1.165) is 28.7 Å². The predicted molar refractivity (Wildman–Crippen MR) is 94.0 cm³/mol. The summed E-state index contributed by atoms with van der Waals surface area (Å²) in [5, 5.41) is 9.50. The Bertz CT molecular complexity index is 951. The molecule has 0 aliphatic carbocycles. The molecule has 0 bridgehead atoms. The zero-order valence-corrected chi connectivity index (χ0v) is 14.5. The van der Waals surface area contributed by atoms with E-state index in [-0.39, 0.29) is 11.6 Å². The summed E-state index contributed by atoms with van der Waals surface area (Å²) < 4.78 is 7.56. The molecule has 2 heterocycles. The molecule has 25 heavy (non-hydrogen) atoms. The van der Waals surface area contributed by atoms with Gasteiger partial charge in [-0.05, 0) is 30.5 Å². The van der Waals surface area contributed by atoms with Gasteiger partial charge in [-0.1, -0.05) is 12.1 Å². The van der Waals surface area contributed by atoms with Crippen molar-refractivity contribution in [3.63, 3.8) is 0 Å². The van der Waals surface area contributed by atoms with E-state index in [1.54, 1.807) is 14.2 Å². The van der Waals surface area contributed by atoms with E-state index in [9.17, 15) is 14.9 Å². The molecule has 7 nitrogen and oxygen atoms in total. The first-order valence-electron chi connectivity index (χ1n) is 8.10. The van der Waals surface area contributed by atoms with Crippen LogP contribution in [0.4, 0.5) is 5.82 Å². The maximum absolute atomic E-state index is 12.4. The van der Waals surface area contributed by atoms with Crippen molar-refractivity contribution in [2.75, 3.05) is 18.6 Å². The number of methoxy groups -OCH3 is 1. The van der Waals surface area contributed by atoms with Crippen molar-refractivity contribution in [1.82, 2.24) is 9.13 Å². The van der Waals surface area contributed by atoms with Crippen molar-refractivity contribution in [3.05, 3.63) is 56.2 Å². The van der Waals surface area contributed by atoms with Gasteiger partial charge in [0.05, 0.1) is 13.2 Å². The van der Waals surface area contributed by atoms with Crippen molar-refractivity contribution >= 4 is 5.82 Å². The number of nitrogens with zero attached hydrogens (tertiary/aromatic N) is 4. The fourth-order valence-electron chi connectivity index (χ4n) is 3.46. The number of hydrogen-bond acceptors (Lipinski definition) is 5. The Morgan fingerprint density at radius 3 is 2.44 bits per heavy atom. The van der Waals surface area contributed by atoms with E-state index in [1.807, 2.05) is 35.2 Å². The fraction of sp³-hybridized carbons (Fsp3) is 0.389. The van der Waals surface area contributed by atoms with E-state index in [4.69, 9.17) is 4.74 Å². The van der Waals surface area contributed by atoms with Crippen molar-refractivity contribution in [2.24, 2.45) is 14.1 Å². The Labute approximate surface area is 145 Å². The van der Waals surface area contributed by atoms with Gasteiger partial charge in [0.15, 0.2) is 5.56 Å². The number of nitriles is 1. The van der Waals surface area contributed by atoms with Gasteiger partial charge in [0.25, 0.3) is 5.56 Å². The van der Waals surface area contributed by atoms with Crippen molar-refractivity contribution in [3.8, 4) is 11.8 Å². The molecule has 1 aromatic carbocycles. The van der Waals surface area contributed by atoms with Crippen LogP contribution in [0.25, 0.3) is 0 Å². The summed E-state index contributed by atoms with van der Waals surface area (Å²) in [6, 6.07) is 9.73. The second-order valence-electron chi connectivity index (χ2n) is 6.14. The zero-order valence-electron chi connectivity index (χ0n) is 14.5. The van der Waals surface area contributed by atoms with E-state index in [2.05, 4.69) is 0 Å². The minimum atomic E-state index is -0.555. The molecule has 7 heteroatoms. The summed E-state index contributed by atoms with van der Waals surface area (Å²) in [5.74, 6) is 1.17. The van der Waals surface area contributed by atoms with E-state index >= 15 is 0 Å². The highest BCUT2D eigenvalue weighted by molar-refractivity contribution is 5.56. The predicted octanol–water partition coefficient (Wildman–Crippen LogP) is 1.31. The van der Waals surface area contributed by atoms with Gasteiger partial charge >= 0.3 is 5.69 Å². The normalized spacial score (nSPS) is 16.7. The lowest BCUT2D eigenvalue weighted by Gasteiger charge is -2.29. The molecule has 0 amide bonds. The fourth-order valence-corrected chi connectivity index (χ4v) is 3.46. The van der Waals surface area contributed by atoms with Crippen LogP contribution < -0.4 is 20.9 Å². The molecule has 1 aliphatic rings. The van der Waals surface area contributed by atoms with Gasteiger partial charge in [-0.3, -0.25) is 13.9 Å². The van der Waals surface area contributed by atoms with Crippen LogP contribution in [-0.2, 0) is 14.1 Å². The average Bonchev–Trinajstić information content (AvgIpc) is 3.12. The first kappa shape index (κ1) is 16.8. The maximum atomic E-state index is 12.4. The molecule has 3 rings (SSSR count). The van der Waals surface area contributed by atoms with Gasteiger partial charge in [-0.2, -0.15) is 5.26 Å². The van der Waals surface area contributed by atoms with Crippen LogP contribution in [0.15, 0.2) is 33.9 Å². The average molecular weight is 340 g/mol. The first-order valence-corrected chi connectivity index (χ1v) is 8.10. The quantitative estimate of drug-likeness (QED) is 0.841. The second kappa shape index (κ2) is 6.48.